The molecule has 0 bridgehead atoms. The van der Waals surface area contributed by atoms with E-state index in [0.717, 1.165) is 32.1 Å². The normalized spacial score (nSPS) is 24.5. The van der Waals surface area contributed by atoms with Crippen LogP contribution in [0, 0.1) is 23.6 Å². The van der Waals surface area contributed by atoms with Crippen molar-refractivity contribution in [2.24, 2.45) is 17.8 Å². The maximum atomic E-state index is 14.1. The number of H-pyrrole nitrogens is 1. The smallest absolute Gasteiger partial charge is 0.238 e. The molecule has 36 heavy (non-hydrogen) atoms. The average molecular weight is 502 g/mol. The number of carbonyl (C=O) groups excluding carboxylic acids is 2. The molecule has 1 saturated heterocycles. The van der Waals surface area contributed by atoms with Crippen LogP contribution in [0.2, 0.25) is 0 Å². The Labute approximate surface area is 212 Å². The number of rotatable bonds is 10. The fourth-order valence-corrected chi connectivity index (χ4v) is 5.57. The number of nitrogens with zero attached hydrogens (tertiary/aromatic N) is 2. The van der Waals surface area contributed by atoms with Crippen LogP contribution in [0.4, 0.5) is 4.39 Å². The lowest BCUT2D eigenvalue weighted by molar-refractivity contribution is -0.138. The molecule has 1 aromatic heterocycles. The maximum absolute atomic E-state index is 14.1. The molecule has 2 aromatic rings. The third-order valence-corrected chi connectivity index (χ3v) is 7.89. The summed E-state index contributed by atoms with van der Waals surface area (Å²) in [7, 11) is 0. The first-order valence-corrected chi connectivity index (χ1v) is 13.4. The fourth-order valence-electron chi connectivity index (χ4n) is 5.57. The summed E-state index contributed by atoms with van der Waals surface area (Å²) >= 11 is 0. The summed E-state index contributed by atoms with van der Waals surface area (Å²) in [5.74, 6) is 0.467. The third-order valence-electron chi connectivity index (χ3n) is 7.89. The van der Waals surface area contributed by atoms with Crippen LogP contribution in [-0.4, -0.2) is 56.6 Å². The van der Waals surface area contributed by atoms with E-state index in [1.165, 1.54) is 6.07 Å². The molecule has 9 heteroatoms. The summed E-state index contributed by atoms with van der Waals surface area (Å²) in [6.45, 7) is 8.80. The summed E-state index contributed by atoms with van der Waals surface area (Å²) in [5.41, 5.74) is 0.772. The van der Waals surface area contributed by atoms with Crippen molar-refractivity contribution in [1.82, 2.24) is 25.5 Å². The largest absolute Gasteiger partial charge is 0.378 e. The summed E-state index contributed by atoms with van der Waals surface area (Å²) in [6, 6.07) is 3.44. The molecule has 3 unspecified atom stereocenters. The molecule has 4 rings (SSSR count). The van der Waals surface area contributed by atoms with Gasteiger partial charge >= 0.3 is 0 Å². The zero-order valence-electron chi connectivity index (χ0n) is 21.8. The number of fused-ring (bicyclic) bond motifs is 1. The van der Waals surface area contributed by atoms with Gasteiger partial charge in [0.2, 0.25) is 11.8 Å². The average Bonchev–Trinajstić information content (AvgIpc) is 3.55. The molecule has 8 nitrogen and oxygen atoms in total. The number of aliphatic hydroxyl groups is 1. The third kappa shape index (κ3) is 5.89. The number of benzene rings is 1. The Morgan fingerprint density at radius 3 is 2.69 bits per heavy atom. The summed E-state index contributed by atoms with van der Waals surface area (Å²) in [5, 5.41) is 16.8. The Bertz CT molecular complexity index is 1070. The van der Waals surface area contributed by atoms with Crippen molar-refractivity contribution in [3.63, 3.8) is 0 Å². The maximum Gasteiger partial charge on any atom is 0.238 e. The molecular formula is C27H40FN5O3. The van der Waals surface area contributed by atoms with E-state index in [-0.39, 0.29) is 35.7 Å². The number of aromatic nitrogens is 2. The van der Waals surface area contributed by atoms with Crippen LogP contribution in [0.1, 0.15) is 78.1 Å². The molecule has 2 aliphatic rings. The minimum atomic E-state index is -0.885. The van der Waals surface area contributed by atoms with Crippen molar-refractivity contribution >= 4 is 22.8 Å². The summed E-state index contributed by atoms with van der Waals surface area (Å²) < 4.78 is 14.1. The van der Waals surface area contributed by atoms with Crippen LogP contribution in [0.3, 0.4) is 0 Å². The molecule has 1 aliphatic heterocycles. The number of nitrogens with one attached hydrogen (secondary N) is 3. The fraction of sp³-hybridized carbons (Fsp3) is 0.667. The van der Waals surface area contributed by atoms with E-state index < -0.39 is 24.1 Å². The highest BCUT2D eigenvalue weighted by molar-refractivity contribution is 5.89. The number of likely N-dealkylation sites (tertiary alicyclic amines) is 1. The zero-order valence-corrected chi connectivity index (χ0v) is 21.8. The second kappa shape index (κ2) is 11.3. The van der Waals surface area contributed by atoms with Crippen LogP contribution >= 0.6 is 0 Å². The summed E-state index contributed by atoms with van der Waals surface area (Å²) in [6.07, 6.45) is 3.95. The van der Waals surface area contributed by atoms with E-state index in [0.29, 0.717) is 29.7 Å². The molecule has 0 spiro atoms. The Hall–Kier alpha value is -2.52. The van der Waals surface area contributed by atoms with Gasteiger partial charge in [0.25, 0.3) is 0 Å². The first-order valence-electron chi connectivity index (χ1n) is 13.4. The van der Waals surface area contributed by atoms with Crippen molar-refractivity contribution in [3.8, 4) is 0 Å². The van der Waals surface area contributed by atoms with Gasteiger partial charge in [-0.3, -0.25) is 14.9 Å². The topological polar surface area (TPSA) is 110 Å². The van der Waals surface area contributed by atoms with Gasteiger partial charge in [0.05, 0.1) is 24.0 Å². The van der Waals surface area contributed by atoms with Gasteiger partial charge in [0, 0.05) is 18.5 Å². The molecule has 6 atom stereocenters. The molecule has 2 heterocycles. The zero-order chi connectivity index (χ0) is 26.0. The monoisotopic (exact) mass is 501 g/mol. The number of amides is 2. The first kappa shape index (κ1) is 26.5. The molecule has 2 amide bonds. The lowest BCUT2D eigenvalue weighted by Gasteiger charge is -2.36. The van der Waals surface area contributed by atoms with E-state index >= 15 is 0 Å². The highest BCUT2D eigenvalue weighted by Crippen LogP contribution is 2.45. The molecule has 1 aromatic carbocycles. The van der Waals surface area contributed by atoms with Crippen molar-refractivity contribution in [2.75, 3.05) is 6.54 Å². The number of hydrogen-bond acceptors (Lipinski definition) is 5. The lowest BCUT2D eigenvalue weighted by atomic mass is 9.98. The van der Waals surface area contributed by atoms with E-state index in [1.807, 2.05) is 4.90 Å². The minimum absolute atomic E-state index is 0.0278. The van der Waals surface area contributed by atoms with Crippen LogP contribution in [0.5, 0.6) is 0 Å². The Balaban J connectivity index is 1.47. The number of piperidine rings is 1. The van der Waals surface area contributed by atoms with Crippen molar-refractivity contribution < 1.29 is 19.1 Å². The number of aliphatic hydroxyl groups excluding tert-OH is 1. The number of hydrogen-bond donors (Lipinski definition) is 4. The van der Waals surface area contributed by atoms with Gasteiger partial charge in [-0.2, -0.15) is 0 Å². The number of imidazole rings is 1. The standard InChI is InChI=1S/C27H40FN5O3/c1-5-17-9-6-7-12-33(17)23(34)14-22(31-26(35)19-13-18(19)15(2)3)27(36)29-16(4)25-30-21-11-8-10-20(28)24(21)32-25/h8,10-11,15-19,22,26,31,35H,5-7,9,12-14H2,1-4H3,(H,29,36)(H,30,32)/t16-,17-,18?,19?,22-,26?/m0/s1. The van der Waals surface area contributed by atoms with E-state index in [9.17, 15) is 19.1 Å². The SMILES string of the molecule is CC[C@H]1CCCCN1C(=O)C[C@H](NC(O)C1CC1C(C)C)C(=O)N[C@@H](C)c1nc2c(F)cccc2[nH]1. The Morgan fingerprint density at radius 1 is 1.25 bits per heavy atom. The van der Waals surface area contributed by atoms with Crippen LogP contribution in [0.15, 0.2) is 18.2 Å². The van der Waals surface area contributed by atoms with Crippen molar-refractivity contribution in [1.29, 1.82) is 0 Å². The van der Waals surface area contributed by atoms with Gasteiger partial charge in [-0.25, -0.2) is 9.37 Å². The number of para-hydroxylation sites is 1. The molecule has 1 aliphatic carbocycles. The molecule has 198 valence electrons. The van der Waals surface area contributed by atoms with Crippen molar-refractivity contribution in [3.05, 3.63) is 29.8 Å². The van der Waals surface area contributed by atoms with E-state index in [1.54, 1.807) is 19.1 Å². The molecule has 0 radical (unpaired) electrons. The van der Waals surface area contributed by atoms with Gasteiger partial charge in [-0.05, 0) is 63.0 Å². The van der Waals surface area contributed by atoms with Gasteiger partial charge in [0.1, 0.15) is 17.6 Å². The Morgan fingerprint density at radius 2 is 2.03 bits per heavy atom. The van der Waals surface area contributed by atoms with Crippen LogP contribution in [0.25, 0.3) is 11.0 Å². The Kier molecular flexibility index (Phi) is 8.30. The van der Waals surface area contributed by atoms with E-state index in [4.69, 9.17) is 0 Å². The van der Waals surface area contributed by atoms with Gasteiger partial charge in [-0.1, -0.05) is 26.8 Å². The van der Waals surface area contributed by atoms with Gasteiger partial charge < -0.3 is 20.3 Å². The van der Waals surface area contributed by atoms with Gasteiger partial charge in [-0.15, -0.1) is 0 Å². The minimum Gasteiger partial charge on any atom is -0.378 e. The highest BCUT2D eigenvalue weighted by atomic mass is 19.1. The van der Waals surface area contributed by atoms with Crippen LogP contribution < -0.4 is 10.6 Å². The number of aromatic amines is 1. The number of carbonyl (C=O) groups is 2. The predicted octanol–water partition coefficient (Wildman–Crippen LogP) is 3.63. The molecule has 4 N–H and O–H groups in total. The molecule has 1 saturated carbocycles. The second-order valence-electron chi connectivity index (χ2n) is 10.8. The van der Waals surface area contributed by atoms with E-state index in [2.05, 4.69) is 41.4 Å². The number of halogens is 1. The van der Waals surface area contributed by atoms with Gasteiger partial charge in [0.15, 0.2) is 5.82 Å². The highest BCUT2D eigenvalue weighted by Gasteiger charge is 2.45. The first-order chi connectivity index (χ1) is 17.2. The summed E-state index contributed by atoms with van der Waals surface area (Å²) in [4.78, 5) is 36.0. The molecule has 2 fully saturated rings. The predicted molar refractivity (Wildman–Crippen MR) is 136 cm³/mol. The van der Waals surface area contributed by atoms with Crippen molar-refractivity contribution in [2.45, 2.75) is 90.6 Å². The lowest BCUT2D eigenvalue weighted by Crippen LogP contribution is -2.53. The second-order valence-corrected chi connectivity index (χ2v) is 10.8. The van der Waals surface area contributed by atoms with Crippen LogP contribution in [-0.2, 0) is 9.59 Å². The molecular weight excluding hydrogens is 461 g/mol. The quantitative estimate of drug-likeness (QED) is 0.372.